The van der Waals surface area contributed by atoms with Crippen LogP contribution in [-0.4, -0.2) is 10.9 Å². The zero-order chi connectivity index (χ0) is 14.5. The van der Waals surface area contributed by atoms with Crippen LogP contribution in [0, 0.1) is 6.92 Å². The molecule has 2 N–H and O–H groups in total. The van der Waals surface area contributed by atoms with Gasteiger partial charge in [0.1, 0.15) is 0 Å². The monoisotopic (exact) mass is 270 g/mol. The summed E-state index contributed by atoms with van der Waals surface area (Å²) >= 11 is 0. The molecule has 106 valence electrons. The minimum Gasteiger partial charge on any atom is -0.370 e. The topological polar surface area (TPSA) is 56.0 Å². The summed E-state index contributed by atoms with van der Waals surface area (Å²) in [5.41, 5.74) is 9.72. The molecule has 0 bridgehead atoms. The molecule has 0 fully saturated rings. The van der Waals surface area contributed by atoms with Crippen molar-refractivity contribution in [3.05, 3.63) is 41.1 Å². The van der Waals surface area contributed by atoms with Gasteiger partial charge in [-0.05, 0) is 55.5 Å². The maximum absolute atomic E-state index is 10.9. The summed E-state index contributed by atoms with van der Waals surface area (Å²) in [6, 6.07) is 8.55. The number of aromatic nitrogens is 1. The highest BCUT2D eigenvalue weighted by molar-refractivity contribution is 5.83. The van der Waals surface area contributed by atoms with Crippen molar-refractivity contribution in [3.63, 3.8) is 0 Å². The molecule has 0 aliphatic rings. The van der Waals surface area contributed by atoms with Gasteiger partial charge in [0.2, 0.25) is 5.91 Å². The van der Waals surface area contributed by atoms with E-state index in [1.807, 2.05) is 0 Å². The highest BCUT2D eigenvalue weighted by Gasteiger charge is 2.05. The number of nitrogens with zero attached hydrogens (tertiary/aromatic N) is 1. The summed E-state index contributed by atoms with van der Waals surface area (Å²) in [6.45, 7) is 4.31. The number of unbranched alkanes of at least 4 members (excludes halogenated alkanes) is 1. The maximum Gasteiger partial charge on any atom is 0.217 e. The molecule has 2 rings (SSSR count). The number of benzene rings is 1. The van der Waals surface area contributed by atoms with Gasteiger partial charge in [-0.15, -0.1) is 0 Å². The molecular weight excluding hydrogens is 248 g/mol. The fraction of sp³-hybridized carbons (Fsp3) is 0.412. The lowest BCUT2D eigenvalue weighted by Gasteiger charge is -2.08. The van der Waals surface area contributed by atoms with Gasteiger partial charge >= 0.3 is 0 Å². The molecule has 0 unspecified atom stereocenters. The second-order valence-electron chi connectivity index (χ2n) is 5.35. The largest absolute Gasteiger partial charge is 0.370 e. The number of hydrogen-bond acceptors (Lipinski definition) is 2. The van der Waals surface area contributed by atoms with E-state index in [0.717, 1.165) is 17.6 Å². The Morgan fingerprint density at radius 2 is 2.05 bits per heavy atom. The summed E-state index contributed by atoms with van der Waals surface area (Å²) in [4.78, 5) is 15.5. The van der Waals surface area contributed by atoms with Crippen molar-refractivity contribution >= 4 is 16.8 Å². The van der Waals surface area contributed by atoms with Gasteiger partial charge in [-0.2, -0.15) is 0 Å². The van der Waals surface area contributed by atoms with Crippen molar-refractivity contribution in [1.82, 2.24) is 4.98 Å². The normalized spacial score (nSPS) is 10.9. The molecule has 2 aromatic rings. The molecule has 3 heteroatoms. The highest BCUT2D eigenvalue weighted by Crippen LogP contribution is 2.21. The Balaban J connectivity index is 2.29. The first-order valence-electron chi connectivity index (χ1n) is 7.27. The minimum atomic E-state index is -0.278. The Morgan fingerprint density at radius 1 is 1.25 bits per heavy atom. The van der Waals surface area contributed by atoms with E-state index in [-0.39, 0.29) is 5.91 Å². The number of nitrogens with two attached hydrogens (primary N) is 1. The van der Waals surface area contributed by atoms with E-state index in [9.17, 15) is 4.79 Å². The molecule has 1 aromatic heterocycles. The van der Waals surface area contributed by atoms with Gasteiger partial charge in [-0.25, -0.2) is 0 Å². The van der Waals surface area contributed by atoms with E-state index in [1.54, 1.807) is 0 Å². The summed E-state index contributed by atoms with van der Waals surface area (Å²) < 4.78 is 0. The zero-order valence-electron chi connectivity index (χ0n) is 12.3. The van der Waals surface area contributed by atoms with Crippen LogP contribution in [0.3, 0.4) is 0 Å². The van der Waals surface area contributed by atoms with Gasteiger partial charge in [0.05, 0.1) is 5.52 Å². The van der Waals surface area contributed by atoms with Gasteiger partial charge in [0, 0.05) is 17.5 Å². The number of amides is 1. The number of rotatable bonds is 6. The molecule has 0 atom stereocenters. The predicted molar refractivity (Wildman–Crippen MR) is 82.6 cm³/mol. The van der Waals surface area contributed by atoms with Crippen LogP contribution in [0.2, 0.25) is 0 Å². The first kappa shape index (κ1) is 14.5. The molecule has 0 radical (unpaired) electrons. The third kappa shape index (κ3) is 3.56. The van der Waals surface area contributed by atoms with E-state index in [2.05, 4.69) is 43.1 Å². The van der Waals surface area contributed by atoms with E-state index >= 15 is 0 Å². The Hall–Kier alpha value is -1.90. The van der Waals surface area contributed by atoms with Gasteiger partial charge in [-0.3, -0.25) is 9.78 Å². The Kier molecular flexibility index (Phi) is 4.72. The third-order valence-electron chi connectivity index (χ3n) is 3.58. The third-order valence-corrected chi connectivity index (χ3v) is 3.58. The molecule has 0 aliphatic carbocycles. The van der Waals surface area contributed by atoms with Crippen LogP contribution >= 0.6 is 0 Å². The second kappa shape index (κ2) is 6.51. The van der Waals surface area contributed by atoms with Crippen molar-refractivity contribution in [2.75, 3.05) is 0 Å². The number of fused-ring (bicyclic) bond motifs is 1. The number of primary amides is 1. The van der Waals surface area contributed by atoms with E-state index in [0.29, 0.717) is 12.8 Å². The zero-order valence-corrected chi connectivity index (χ0v) is 12.3. The average Bonchev–Trinajstić information content (AvgIpc) is 2.43. The molecule has 0 spiro atoms. The van der Waals surface area contributed by atoms with Crippen LogP contribution in [0.1, 0.15) is 43.0 Å². The molecule has 0 aliphatic heterocycles. The van der Waals surface area contributed by atoms with Gasteiger partial charge < -0.3 is 5.73 Å². The first-order chi connectivity index (χ1) is 9.60. The average molecular weight is 270 g/mol. The molecule has 0 saturated carbocycles. The van der Waals surface area contributed by atoms with E-state index in [4.69, 9.17) is 5.73 Å². The number of carbonyl (C=O) groups is 1. The van der Waals surface area contributed by atoms with Crippen molar-refractivity contribution < 1.29 is 4.79 Å². The Morgan fingerprint density at radius 3 is 2.75 bits per heavy atom. The molecule has 0 saturated heterocycles. The number of hydrogen-bond donors (Lipinski definition) is 1. The molecule has 1 heterocycles. The Bertz CT molecular complexity index is 620. The van der Waals surface area contributed by atoms with Crippen molar-refractivity contribution in [2.24, 2.45) is 5.73 Å². The number of pyridine rings is 1. The summed E-state index contributed by atoms with van der Waals surface area (Å²) in [6.07, 6.45) is 4.52. The van der Waals surface area contributed by atoms with Gasteiger partial charge in [0.25, 0.3) is 0 Å². The number of carbonyl (C=O) groups excluding carboxylic acids is 1. The summed E-state index contributed by atoms with van der Waals surface area (Å²) in [5.74, 6) is -0.278. The van der Waals surface area contributed by atoms with Crippen LogP contribution in [0.5, 0.6) is 0 Å². The number of aryl methyl sites for hydroxylation is 3. The molecule has 3 nitrogen and oxygen atoms in total. The SMILES string of the molecule is CCCCc1ccc2nc(CCC(N)=O)cc(C)c2c1. The molecule has 1 amide bonds. The second-order valence-corrected chi connectivity index (χ2v) is 5.35. The summed E-state index contributed by atoms with van der Waals surface area (Å²) in [7, 11) is 0. The van der Waals surface area contributed by atoms with Crippen LogP contribution in [0.15, 0.2) is 24.3 Å². The Labute approximate surface area is 120 Å². The van der Waals surface area contributed by atoms with Crippen LogP contribution in [0.4, 0.5) is 0 Å². The van der Waals surface area contributed by atoms with Crippen molar-refractivity contribution in [2.45, 2.75) is 46.0 Å². The summed E-state index contributed by atoms with van der Waals surface area (Å²) in [5, 5.41) is 1.21. The standard InChI is InChI=1S/C17H22N2O/c1-3-4-5-13-6-8-16-15(11-13)12(2)10-14(19-16)7-9-17(18)20/h6,8,10-11H,3-5,7,9H2,1-2H3,(H2,18,20). The van der Waals surface area contributed by atoms with Crippen LogP contribution in [-0.2, 0) is 17.6 Å². The van der Waals surface area contributed by atoms with Crippen LogP contribution < -0.4 is 5.73 Å². The van der Waals surface area contributed by atoms with Crippen LogP contribution in [0.25, 0.3) is 10.9 Å². The van der Waals surface area contributed by atoms with Crippen molar-refractivity contribution in [3.8, 4) is 0 Å². The molecular formula is C17H22N2O. The fourth-order valence-corrected chi connectivity index (χ4v) is 2.43. The van der Waals surface area contributed by atoms with Gasteiger partial charge in [-0.1, -0.05) is 19.4 Å². The van der Waals surface area contributed by atoms with E-state index < -0.39 is 0 Å². The minimum absolute atomic E-state index is 0.278. The van der Waals surface area contributed by atoms with Gasteiger partial charge in [0.15, 0.2) is 0 Å². The quantitative estimate of drug-likeness (QED) is 0.875. The van der Waals surface area contributed by atoms with E-state index in [1.165, 1.54) is 29.4 Å². The molecule has 1 aromatic carbocycles. The van der Waals surface area contributed by atoms with Crippen molar-refractivity contribution in [1.29, 1.82) is 0 Å². The fourth-order valence-electron chi connectivity index (χ4n) is 2.43. The lowest BCUT2D eigenvalue weighted by atomic mass is 10.0. The maximum atomic E-state index is 10.9. The smallest absolute Gasteiger partial charge is 0.217 e. The first-order valence-corrected chi connectivity index (χ1v) is 7.27. The molecule has 20 heavy (non-hydrogen) atoms. The lowest BCUT2D eigenvalue weighted by molar-refractivity contribution is -0.118. The lowest BCUT2D eigenvalue weighted by Crippen LogP contribution is -2.11. The predicted octanol–water partition coefficient (Wildman–Crippen LogP) is 3.30. The highest BCUT2D eigenvalue weighted by atomic mass is 16.1.